The first-order chi connectivity index (χ1) is 10.2. The van der Waals surface area contributed by atoms with Gasteiger partial charge in [-0.25, -0.2) is 4.39 Å². The van der Waals surface area contributed by atoms with E-state index in [9.17, 15) is 4.39 Å². The fraction of sp³-hybridized carbons (Fsp3) is 0.438. The van der Waals surface area contributed by atoms with Gasteiger partial charge < -0.3 is 5.32 Å². The number of nitrogens with zero attached hydrogens (tertiary/aromatic N) is 2. The highest BCUT2D eigenvalue weighted by Crippen LogP contribution is 2.42. The Morgan fingerprint density at radius 3 is 3.00 bits per heavy atom. The minimum absolute atomic E-state index is 0.256. The van der Waals surface area contributed by atoms with E-state index >= 15 is 0 Å². The molecule has 0 spiro atoms. The van der Waals surface area contributed by atoms with E-state index in [1.54, 1.807) is 12.1 Å². The second-order valence-electron chi connectivity index (χ2n) is 5.87. The average molecular weight is 306 g/mol. The molecule has 2 aliphatic rings. The Kier molecular flexibility index (Phi) is 3.23. The minimum atomic E-state index is -0.256. The summed E-state index contributed by atoms with van der Waals surface area (Å²) in [5.41, 5.74) is 4.32. The van der Waals surface area contributed by atoms with Gasteiger partial charge in [0.05, 0.1) is 12.2 Å². The Balaban J connectivity index is 1.75. The van der Waals surface area contributed by atoms with Crippen LogP contribution in [0.4, 0.5) is 4.39 Å². The maximum Gasteiger partial charge on any atom is 0.129 e. The highest BCUT2D eigenvalue weighted by molar-refractivity contribution is 6.31. The van der Waals surface area contributed by atoms with Crippen molar-refractivity contribution >= 4 is 11.6 Å². The van der Waals surface area contributed by atoms with Crippen molar-refractivity contribution in [3.63, 3.8) is 0 Å². The van der Waals surface area contributed by atoms with Crippen LogP contribution in [0.3, 0.4) is 0 Å². The first kappa shape index (κ1) is 13.3. The van der Waals surface area contributed by atoms with Crippen LogP contribution in [0.15, 0.2) is 18.2 Å². The van der Waals surface area contributed by atoms with Crippen LogP contribution in [0.2, 0.25) is 5.02 Å². The molecule has 1 aliphatic heterocycles. The Morgan fingerprint density at radius 2 is 2.24 bits per heavy atom. The van der Waals surface area contributed by atoms with E-state index in [0.29, 0.717) is 23.0 Å². The monoisotopic (exact) mass is 305 g/mol. The Labute approximate surface area is 128 Å². The lowest BCUT2D eigenvalue weighted by molar-refractivity contribution is 0.556. The molecule has 2 aromatic rings. The summed E-state index contributed by atoms with van der Waals surface area (Å²) < 4.78 is 16.0. The summed E-state index contributed by atoms with van der Waals surface area (Å²) in [5, 5.41) is 8.67. The Bertz CT molecular complexity index is 671. The highest BCUT2D eigenvalue weighted by Gasteiger charge is 2.32. The number of halogens is 2. The van der Waals surface area contributed by atoms with Gasteiger partial charge in [-0.1, -0.05) is 17.7 Å². The van der Waals surface area contributed by atoms with Crippen LogP contribution in [0.1, 0.15) is 41.3 Å². The van der Waals surface area contributed by atoms with Crippen molar-refractivity contribution < 1.29 is 4.39 Å². The van der Waals surface area contributed by atoms with Crippen molar-refractivity contribution in [3.05, 3.63) is 51.6 Å². The minimum Gasteiger partial charge on any atom is -0.312 e. The lowest BCUT2D eigenvalue weighted by atomic mass is 10.0. The first-order valence-corrected chi connectivity index (χ1v) is 7.84. The third kappa shape index (κ3) is 2.36. The number of hydrogen-bond acceptors (Lipinski definition) is 2. The molecule has 110 valence electrons. The summed E-state index contributed by atoms with van der Waals surface area (Å²) in [6.07, 6.45) is 3.40. The molecule has 1 aliphatic carbocycles. The van der Waals surface area contributed by atoms with Crippen LogP contribution in [-0.4, -0.2) is 16.3 Å². The molecule has 0 saturated heterocycles. The summed E-state index contributed by atoms with van der Waals surface area (Å²) >= 11 is 6.15. The molecule has 0 bridgehead atoms. The Hall–Kier alpha value is -1.39. The fourth-order valence-electron chi connectivity index (χ4n) is 3.10. The van der Waals surface area contributed by atoms with Crippen molar-refractivity contribution in [2.75, 3.05) is 6.54 Å². The predicted molar refractivity (Wildman–Crippen MR) is 80.1 cm³/mol. The van der Waals surface area contributed by atoms with Crippen LogP contribution < -0.4 is 5.32 Å². The van der Waals surface area contributed by atoms with E-state index < -0.39 is 0 Å². The topological polar surface area (TPSA) is 29.9 Å². The third-order valence-corrected chi connectivity index (χ3v) is 4.73. The zero-order valence-electron chi connectivity index (χ0n) is 11.7. The van der Waals surface area contributed by atoms with Gasteiger partial charge >= 0.3 is 0 Å². The van der Waals surface area contributed by atoms with Gasteiger partial charge in [0, 0.05) is 47.3 Å². The molecule has 0 atom stereocenters. The molecule has 4 rings (SSSR count). The summed E-state index contributed by atoms with van der Waals surface area (Å²) in [6.45, 7) is 2.25. The van der Waals surface area contributed by atoms with Crippen molar-refractivity contribution in [2.24, 2.45) is 0 Å². The van der Waals surface area contributed by atoms with E-state index in [0.717, 1.165) is 19.5 Å². The summed E-state index contributed by atoms with van der Waals surface area (Å²) in [6, 6.07) is 4.83. The molecule has 0 amide bonds. The second kappa shape index (κ2) is 5.11. The highest BCUT2D eigenvalue weighted by atomic mass is 35.5. The molecule has 1 N–H and O–H groups in total. The number of benzene rings is 1. The maximum atomic E-state index is 14.0. The van der Waals surface area contributed by atoms with Gasteiger partial charge in [-0.05, 0) is 25.0 Å². The molecular formula is C16H17ClFN3. The summed E-state index contributed by atoms with van der Waals surface area (Å²) in [7, 11) is 0. The van der Waals surface area contributed by atoms with Crippen LogP contribution in [0.25, 0.3) is 0 Å². The van der Waals surface area contributed by atoms with E-state index in [4.69, 9.17) is 16.7 Å². The first-order valence-electron chi connectivity index (χ1n) is 7.46. The number of aromatic nitrogens is 2. The number of fused-ring (bicyclic) bond motifs is 1. The van der Waals surface area contributed by atoms with Gasteiger partial charge in [0.15, 0.2) is 0 Å². The van der Waals surface area contributed by atoms with E-state index in [-0.39, 0.29) is 5.82 Å². The number of hydrogen-bond donors (Lipinski definition) is 1. The van der Waals surface area contributed by atoms with Gasteiger partial charge in [-0.15, -0.1) is 0 Å². The Morgan fingerprint density at radius 1 is 1.38 bits per heavy atom. The zero-order valence-corrected chi connectivity index (χ0v) is 12.5. The van der Waals surface area contributed by atoms with E-state index in [1.807, 2.05) is 4.68 Å². The van der Waals surface area contributed by atoms with E-state index in [1.165, 1.54) is 35.9 Å². The molecule has 2 heterocycles. The van der Waals surface area contributed by atoms with Crippen LogP contribution >= 0.6 is 11.6 Å². The van der Waals surface area contributed by atoms with E-state index in [2.05, 4.69) is 5.32 Å². The third-order valence-electron chi connectivity index (χ3n) is 4.37. The standard InChI is InChI=1S/C16H17ClFN3/c17-13-2-1-3-14(18)12(13)9-21-15-6-7-19-8-11(15)16(20-21)10-4-5-10/h1-3,10,19H,4-9H2. The van der Waals surface area contributed by atoms with Gasteiger partial charge in [0.25, 0.3) is 0 Å². The van der Waals surface area contributed by atoms with Crippen LogP contribution in [0, 0.1) is 5.82 Å². The molecule has 1 saturated carbocycles. The molecule has 0 radical (unpaired) electrons. The largest absolute Gasteiger partial charge is 0.312 e. The summed E-state index contributed by atoms with van der Waals surface area (Å²) in [4.78, 5) is 0. The molecule has 1 aromatic carbocycles. The van der Waals surface area contributed by atoms with Gasteiger partial charge in [-0.2, -0.15) is 5.10 Å². The maximum absolute atomic E-state index is 14.0. The van der Waals surface area contributed by atoms with Crippen LogP contribution in [0.5, 0.6) is 0 Å². The second-order valence-corrected chi connectivity index (χ2v) is 6.28. The lowest BCUT2D eigenvalue weighted by Gasteiger charge is -2.16. The normalized spacial score (nSPS) is 17.8. The molecule has 1 aromatic heterocycles. The zero-order chi connectivity index (χ0) is 14.4. The number of rotatable bonds is 3. The fourth-order valence-corrected chi connectivity index (χ4v) is 3.32. The SMILES string of the molecule is Fc1cccc(Cl)c1Cn1nc(C2CC2)c2c1CCNC2. The molecule has 21 heavy (non-hydrogen) atoms. The summed E-state index contributed by atoms with van der Waals surface area (Å²) in [5.74, 6) is 0.352. The van der Waals surface area contributed by atoms with Gasteiger partial charge in [0.1, 0.15) is 5.82 Å². The van der Waals surface area contributed by atoms with Crippen molar-refractivity contribution in [1.29, 1.82) is 0 Å². The predicted octanol–water partition coefficient (Wildman–Crippen LogP) is 3.25. The van der Waals surface area contributed by atoms with Crippen molar-refractivity contribution in [2.45, 2.75) is 38.3 Å². The van der Waals surface area contributed by atoms with Crippen molar-refractivity contribution in [1.82, 2.24) is 15.1 Å². The quantitative estimate of drug-likeness (QED) is 0.943. The molecule has 5 heteroatoms. The lowest BCUT2D eigenvalue weighted by Crippen LogP contribution is -2.25. The van der Waals surface area contributed by atoms with Crippen molar-refractivity contribution in [3.8, 4) is 0 Å². The number of nitrogens with one attached hydrogen (secondary N) is 1. The molecule has 0 unspecified atom stereocenters. The van der Waals surface area contributed by atoms with Crippen LogP contribution in [-0.2, 0) is 19.5 Å². The van der Waals surface area contributed by atoms with Gasteiger partial charge in [-0.3, -0.25) is 4.68 Å². The van der Waals surface area contributed by atoms with Gasteiger partial charge in [0.2, 0.25) is 0 Å². The molecular weight excluding hydrogens is 289 g/mol. The molecule has 1 fully saturated rings. The smallest absolute Gasteiger partial charge is 0.129 e. The average Bonchev–Trinajstić information content (AvgIpc) is 3.26. The molecule has 3 nitrogen and oxygen atoms in total.